The van der Waals surface area contributed by atoms with E-state index in [0.29, 0.717) is 6.54 Å². The largest absolute Gasteiger partial charge is 0.351 e. The third kappa shape index (κ3) is 3.58. The number of imidazole rings is 1. The van der Waals surface area contributed by atoms with Crippen molar-refractivity contribution in [2.45, 2.75) is 40.2 Å². The van der Waals surface area contributed by atoms with Crippen molar-refractivity contribution in [3.8, 4) is 11.3 Å². The van der Waals surface area contributed by atoms with Crippen LogP contribution >= 0.6 is 11.3 Å². The number of nitrogens with zero attached hydrogens (tertiary/aromatic N) is 2. The molecule has 0 aliphatic rings. The van der Waals surface area contributed by atoms with Crippen molar-refractivity contribution in [1.82, 2.24) is 14.7 Å². The second kappa shape index (κ2) is 7.35. The Balaban J connectivity index is 1.78. The van der Waals surface area contributed by atoms with Crippen LogP contribution in [0.5, 0.6) is 0 Å². The number of amides is 1. The lowest BCUT2D eigenvalue weighted by Crippen LogP contribution is -2.29. The van der Waals surface area contributed by atoms with Gasteiger partial charge in [0.05, 0.1) is 12.2 Å². The van der Waals surface area contributed by atoms with E-state index in [0.717, 1.165) is 39.6 Å². The Bertz CT molecular complexity index is 878. The smallest absolute Gasteiger partial charge is 0.223 e. The van der Waals surface area contributed by atoms with Gasteiger partial charge in [0.2, 0.25) is 5.91 Å². The Morgan fingerprint density at radius 2 is 1.96 bits per heavy atom. The highest BCUT2D eigenvalue weighted by atomic mass is 32.1. The van der Waals surface area contributed by atoms with Gasteiger partial charge in [-0.3, -0.25) is 9.20 Å². The van der Waals surface area contributed by atoms with Gasteiger partial charge in [-0.1, -0.05) is 25.2 Å². The van der Waals surface area contributed by atoms with Crippen LogP contribution < -0.4 is 5.32 Å². The number of thiazole rings is 1. The van der Waals surface area contributed by atoms with Crippen molar-refractivity contribution in [1.29, 1.82) is 0 Å². The van der Waals surface area contributed by atoms with E-state index in [1.54, 1.807) is 23.5 Å². The minimum Gasteiger partial charge on any atom is -0.351 e. The summed E-state index contributed by atoms with van der Waals surface area (Å²) in [7, 11) is 0. The zero-order chi connectivity index (χ0) is 18.0. The molecule has 1 aromatic carbocycles. The first-order valence-corrected chi connectivity index (χ1v) is 9.36. The molecule has 2 heterocycles. The van der Waals surface area contributed by atoms with Gasteiger partial charge >= 0.3 is 0 Å². The van der Waals surface area contributed by atoms with Crippen LogP contribution in [0.15, 0.2) is 30.5 Å². The molecule has 0 fully saturated rings. The zero-order valence-electron chi connectivity index (χ0n) is 14.7. The van der Waals surface area contributed by atoms with Gasteiger partial charge in [0.15, 0.2) is 4.96 Å². The molecule has 132 valence electrons. The number of halogens is 1. The lowest BCUT2D eigenvalue weighted by Gasteiger charge is -2.12. The quantitative estimate of drug-likeness (QED) is 0.701. The molecular formula is C19H22FN3OS. The Kier molecular flexibility index (Phi) is 5.18. The molecule has 0 spiro atoms. The van der Waals surface area contributed by atoms with Crippen molar-refractivity contribution in [2.75, 3.05) is 0 Å². The third-order valence-corrected chi connectivity index (χ3v) is 5.73. The van der Waals surface area contributed by atoms with Crippen molar-refractivity contribution in [2.24, 2.45) is 5.92 Å². The van der Waals surface area contributed by atoms with Gasteiger partial charge in [0.1, 0.15) is 5.82 Å². The molecule has 0 radical (unpaired) electrons. The zero-order valence-corrected chi connectivity index (χ0v) is 15.5. The summed E-state index contributed by atoms with van der Waals surface area (Å²) in [4.78, 5) is 18.8. The van der Waals surface area contributed by atoms with E-state index in [4.69, 9.17) is 0 Å². The maximum absolute atomic E-state index is 13.1. The van der Waals surface area contributed by atoms with E-state index in [1.165, 1.54) is 12.1 Å². The SMILES string of the molecule is CCC(CC)C(=O)NCc1sc2nc(-c3ccc(F)cc3)cn2c1C. The predicted octanol–water partition coefficient (Wildman–Crippen LogP) is 4.56. The number of carbonyl (C=O) groups excluding carboxylic acids is 1. The van der Waals surface area contributed by atoms with Gasteiger partial charge < -0.3 is 5.32 Å². The number of fused-ring (bicyclic) bond motifs is 1. The number of rotatable bonds is 6. The van der Waals surface area contributed by atoms with Gasteiger partial charge in [0, 0.05) is 28.2 Å². The molecular weight excluding hydrogens is 337 g/mol. The number of hydrogen-bond acceptors (Lipinski definition) is 3. The van der Waals surface area contributed by atoms with Crippen LogP contribution in [0.25, 0.3) is 16.2 Å². The molecule has 1 amide bonds. The van der Waals surface area contributed by atoms with Gasteiger partial charge in [-0.15, -0.1) is 0 Å². The number of benzene rings is 1. The first kappa shape index (κ1) is 17.6. The number of nitrogens with one attached hydrogen (secondary N) is 1. The first-order chi connectivity index (χ1) is 12.0. The summed E-state index contributed by atoms with van der Waals surface area (Å²) in [6.07, 6.45) is 3.67. The minimum atomic E-state index is -0.253. The summed E-state index contributed by atoms with van der Waals surface area (Å²) >= 11 is 1.57. The van der Waals surface area contributed by atoms with Crippen LogP contribution in [0, 0.1) is 18.7 Å². The summed E-state index contributed by atoms with van der Waals surface area (Å²) in [6.45, 7) is 6.63. The highest BCUT2D eigenvalue weighted by molar-refractivity contribution is 7.17. The van der Waals surface area contributed by atoms with Crippen LogP contribution in [0.1, 0.15) is 37.3 Å². The summed E-state index contributed by atoms with van der Waals surface area (Å²) in [6, 6.07) is 6.34. The molecule has 0 aliphatic heterocycles. The number of hydrogen-bond donors (Lipinski definition) is 1. The minimum absolute atomic E-state index is 0.0782. The lowest BCUT2D eigenvalue weighted by molar-refractivity contribution is -0.125. The van der Waals surface area contributed by atoms with Crippen LogP contribution in [0.3, 0.4) is 0 Å². The monoisotopic (exact) mass is 359 g/mol. The van der Waals surface area contributed by atoms with Crippen LogP contribution in [0.4, 0.5) is 4.39 Å². The van der Waals surface area contributed by atoms with E-state index in [1.807, 2.05) is 31.4 Å². The maximum atomic E-state index is 13.1. The normalized spacial score (nSPS) is 11.4. The second-order valence-electron chi connectivity index (χ2n) is 6.13. The van der Waals surface area contributed by atoms with Gasteiger partial charge in [-0.25, -0.2) is 9.37 Å². The fourth-order valence-electron chi connectivity index (χ4n) is 2.89. The van der Waals surface area contributed by atoms with Crippen molar-refractivity contribution < 1.29 is 9.18 Å². The van der Waals surface area contributed by atoms with Gasteiger partial charge in [-0.05, 0) is 44.0 Å². The molecule has 3 rings (SSSR count). The molecule has 0 saturated heterocycles. The molecule has 0 atom stereocenters. The maximum Gasteiger partial charge on any atom is 0.223 e. The lowest BCUT2D eigenvalue weighted by atomic mass is 10.0. The Hall–Kier alpha value is -2.21. The van der Waals surface area contributed by atoms with Crippen molar-refractivity contribution in [3.05, 3.63) is 46.9 Å². The third-order valence-electron chi connectivity index (χ3n) is 4.57. The van der Waals surface area contributed by atoms with Crippen LogP contribution in [0.2, 0.25) is 0 Å². The average Bonchev–Trinajstić information content (AvgIpc) is 3.14. The number of aromatic nitrogens is 2. The fraction of sp³-hybridized carbons (Fsp3) is 0.368. The van der Waals surface area contributed by atoms with Crippen molar-refractivity contribution >= 4 is 22.2 Å². The Morgan fingerprint density at radius 3 is 2.56 bits per heavy atom. The second-order valence-corrected chi connectivity index (χ2v) is 7.19. The fourth-order valence-corrected chi connectivity index (χ4v) is 3.93. The molecule has 0 saturated carbocycles. The molecule has 0 bridgehead atoms. The molecule has 3 aromatic rings. The standard InChI is InChI=1S/C19H22FN3OS/c1-4-13(5-2)18(24)21-10-17-12(3)23-11-16(22-19(23)25-17)14-6-8-15(20)9-7-14/h6-9,11,13H,4-5,10H2,1-3H3,(H,21,24). The summed E-state index contributed by atoms with van der Waals surface area (Å²) in [5.74, 6) is -0.0617. The molecule has 6 heteroatoms. The molecule has 1 N–H and O–H groups in total. The highest BCUT2D eigenvalue weighted by Crippen LogP contribution is 2.27. The molecule has 25 heavy (non-hydrogen) atoms. The van der Waals surface area contributed by atoms with E-state index < -0.39 is 0 Å². The van der Waals surface area contributed by atoms with Gasteiger partial charge in [0.25, 0.3) is 0 Å². The first-order valence-electron chi connectivity index (χ1n) is 8.54. The Labute approximate surface area is 150 Å². The molecule has 2 aromatic heterocycles. The van der Waals surface area contributed by atoms with E-state index in [-0.39, 0.29) is 17.6 Å². The number of carbonyl (C=O) groups is 1. The van der Waals surface area contributed by atoms with Crippen LogP contribution in [-0.4, -0.2) is 15.3 Å². The molecule has 0 unspecified atom stereocenters. The summed E-state index contributed by atoms with van der Waals surface area (Å²) in [5, 5.41) is 3.03. The van der Waals surface area contributed by atoms with Gasteiger partial charge in [-0.2, -0.15) is 0 Å². The van der Waals surface area contributed by atoms with E-state index in [9.17, 15) is 9.18 Å². The summed E-state index contributed by atoms with van der Waals surface area (Å²) < 4.78 is 15.1. The van der Waals surface area contributed by atoms with E-state index >= 15 is 0 Å². The predicted molar refractivity (Wildman–Crippen MR) is 99.1 cm³/mol. The molecule has 4 nitrogen and oxygen atoms in total. The van der Waals surface area contributed by atoms with Crippen molar-refractivity contribution in [3.63, 3.8) is 0 Å². The van der Waals surface area contributed by atoms with Crippen LogP contribution in [-0.2, 0) is 11.3 Å². The molecule has 0 aliphatic carbocycles. The highest BCUT2D eigenvalue weighted by Gasteiger charge is 2.16. The topological polar surface area (TPSA) is 46.4 Å². The summed E-state index contributed by atoms with van der Waals surface area (Å²) in [5.41, 5.74) is 2.79. The number of aryl methyl sites for hydroxylation is 1. The Morgan fingerprint density at radius 1 is 1.28 bits per heavy atom. The average molecular weight is 359 g/mol. The van der Waals surface area contributed by atoms with E-state index in [2.05, 4.69) is 10.3 Å².